The summed E-state index contributed by atoms with van der Waals surface area (Å²) in [5, 5.41) is 3.31. The van der Waals surface area contributed by atoms with Crippen molar-refractivity contribution in [2.45, 2.75) is 28.1 Å². The zero-order valence-electron chi connectivity index (χ0n) is 17.8. The lowest BCUT2D eigenvalue weighted by Crippen LogP contribution is -2.43. The smallest absolute Gasteiger partial charge is 0.244 e. The number of hydrogen-bond acceptors (Lipinski definition) is 9. The van der Waals surface area contributed by atoms with Gasteiger partial charge < -0.3 is 10.1 Å². The van der Waals surface area contributed by atoms with Gasteiger partial charge in [-0.3, -0.25) is 4.79 Å². The number of carbonyl (C=O) groups is 1. The molecule has 3 heterocycles. The van der Waals surface area contributed by atoms with Crippen molar-refractivity contribution >= 4 is 75.9 Å². The highest BCUT2D eigenvalue weighted by Gasteiger charge is 2.39. The minimum atomic E-state index is -3.81. The van der Waals surface area contributed by atoms with E-state index in [1.54, 1.807) is 35.2 Å². The SMILES string of the molecule is COc1ccc(S(=O)(=O)N2CCCC2C(=O)Nc2nc3ccc4nc(SC)sc4c3s2)cc1. The predicted molar refractivity (Wildman–Crippen MR) is 133 cm³/mol. The number of anilines is 1. The van der Waals surface area contributed by atoms with Crippen molar-refractivity contribution in [2.24, 2.45) is 0 Å². The second kappa shape index (κ2) is 8.84. The molecule has 1 aliphatic heterocycles. The molecule has 1 N–H and O–H groups in total. The first-order chi connectivity index (χ1) is 15.9. The normalized spacial score (nSPS) is 17.1. The van der Waals surface area contributed by atoms with E-state index in [-0.39, 0.29) is 10.8 Å². The molecule has 0 radical (unpaired) electrons. The highest BCUT2D eigenvalue weighted by Crippen LogP contribution is 2.38. The monoisotopic (exact) mass is 520 g/mol. The lowest BCUT2D eigenvalue weighted by atomic mass is 10.2. The number of aromatic nitrogens is 2. The molecule has 33 heavy (non-hydrogen) atoms. The third kappa shape index (κ3) is 4.10. The molecule has 8 nitrogen and oxygen atoms in total. The fourth-order valence-corrected chi connectivity index (χ4v) is 8.17. The Morgan fingerprint density at radius 2 is 1.82 bits per heavy atom. The Kier molecular flexibility index (Phi) is 6.04. The van der Waals surface area contributed by atoms with Crippen LogP contribution in [0.1, 0.15) is 12.8 Å². The van der Waals surface area contributed by atoms with Crippen LogP contribution in [0.3, 0.4) is 0 Å². The van der Waals surface area contributed by atoms with E-state index in [9.17, 15) is 13.2 Å². The summed E-state index contributed by atoms with van der Waals surface area (Å²) in [6.45, 7) is 0.297. The average molecular weight is 521 g/mol. The topological polar surface area (TPSA) is 101 Å². The molecular weight excluding hydrogens is 501 g/mol. The molecule has 1 amide bonds. The zero-order chi connectivity index (χ0) is 23.2. The molecule has 2 aromatic heterocycles. The molecule has 1 atom stereocenters. The van der Waals surface area contributed by atoms with Crippen LogP contribution in [0.5, 0.6) is 5.75 Å². The first kappa shape index (κ1) is 22.5. The van der Waals surface area contributed by atoms with Crippen LogP contribution in [0.4, 0.5) is 5.13 Å². The van der Waals surface area contributed by atoms with Gasteiger partial charge >= 0.3 is 0 Å². The van der Waals surface area contributed by atoms with Crippen molar-refractivity contribution in [3.05, 3.63) is 36.4 Å². The fraction of sp³-hybridized carbons (Fsp3) is 0.286. The molecule has 172 valence electrons. The Balaban J connectivity index is 1.40. The van der Waals surface area contributed by atoms with Crippen LogP contribution >= 0.6 is 34.4 Å². The summed E-state index contributed by atoms with van der Waals surface area (Å²) in [7, 11) is -2.29. The molecule has 0 bridgehead atoms. The lowest BCUT2D eigenvalue weighted by molar-refractivity contribution is -0.119. The van der Waals surface area contributed by atoms with Gasteiger partial charge in [-0.05, 0) is 55.5 Å². The second-order valence-corrected chi connectivity index (χ2v) is 12.3. The number of nitrogens with one attached hydrogen (secondary N) is 1. The molecule has 1 aliphatic rings. The third-order valence-electron chi connectivity index (χ3n) is 5.47. The molecule has 1 unspecified atom stereocenters. The summed E-state index contributed by atoms with van der Waals surface area (Å²) in [6, 6.07) is 9.23. The van der Waals surface area contributed by atoms with Crippen molar-refractivity contribution in [3.63, 3.8) is 0 Å². The van der Waals surface area contributed by atoms with Crippen LogP contribution in [-0.2, 0) is 14.8 Å². The predicted octanol–water partition coefficient (Wildman–Crippen LogP) is 4.43. The van der Waals surface area contributed by atoms with Crippen molar-refractivity contribution in [3.8, 4) is 5.75 Å². The van der Waals surface area contributed by atoms with E-state index < -0.39 is 16.1 Å². The van der Waals surface area contributed by atoms with Crippen LogP contribution < -0.4 is 10.1 Å². The van der Waals surface area contributed by atoms with Crippen LogP contribution in [-0.4, -0.2) is 54.6 Å². The highest BCUT2D eigenvalue weighted by molar-refractivity contribution is 8.00. The van der Waals surface area contributed by atoms with Crippen LogP contribution in [0, 0.1) is 0 Å². The molecule has 0 spiro atoms. The first-order valence-electron chi connectivity index (χ1n) is 10.1. The van der Waals surface area contributed by atoms with E-state index in [1.165, 1.54) is 34.9 Å². The van der Waals surface area contributed by atoms with Gasteiger partial charge in [-0.2, -0.15) is 4.31 Å². The molecule has 1 fully saturated rings. The van der Waals surface area contributed by atoms with Crippen molar-refractivity contribution in [1.82, 2.24) is 14.3 Å². The van der Waals surface area contributed by atoms with Gasteiger partial charge in [0.2, 0.25) is 15.9 Å². The highest BCUT2D eigenvalue weighted by atomic mass is 32.2. The number of nitrogens with zero attached hydrogens (tertiary/aromatic N) is 3. The minimum absolute atomic E-state index is 0.139. The van der Waals surface area contributed by atoms with Gasteiger partial charge in [-0.1, -0.05) is 23.1 Å². The molecule has 0 saturated carbocycles. The maximum absolute atomic E-state index is 13.2. The number of benzene rings is 2. The Labute approximate surface area is 203 Å². The van der Waals surface area contributed by atoms with Crippen molar-refractivity contribution in [1.29, 1.82) is 0 Å². The molecular formula is C21H20N4O4S4. The van der Waals surface area contributed by atoms with E-state index >= 15 is 0 Å². The number of ether oxygens (including phenoxy) is 1. The molecule has 1 saturated heterocycles. The number of thiazole rings is 2. The summed E-state index contributed by atoms with van der Waals surface area (Å²) >= 11 is 4.58. The van der Waals surface area contributed by atoms with E-state index in [0.717, 1.165) is 24.8 Å². The lowest BCUT2D eigenvalue weighted by Gasteiger charge is -2.23. The van der Waals surface area contributed by atoms with Crippen molar-refractivity contribution < 1.29 is 17.9 Å². The van der Waals surface area contributed by atoms with E-state index in [0.29, 0.717) is 30.3 Å². The number of sulfonamides is 1. The van der Waals surface area contributed by atoms with Crippen LogP contribution in [0.15, 0.2) is 45.6 Å². The maximum atomic E-state index is 13.2. The Morgan fingerprint density at radius 3 is 2.52 bits per heavy atom. The van der Waals surface area contributed by atoms with E-state index in [2.05, 4.69) is 15.3 Å². The zero-order valence-corrected chi connectivity index (χ0v) is 21.0. The number of fused-ring (bicyclic) bond motifs is 3. The number of methoxy groups -OCH3 is 1. The number of hydrogen-bond donors (Lipinski definition) is 1. The van der Waals surface area contributed by atoms with Gasteiger partial charge in [-0.15, -0.1) is 11.3 Å². The first-order valence-corrected chi connectivity index (χ1v) is 14.4. The summed E-state index contributed by atoms with van der Waals surface area (Å²) < 4.78 is 35.8. The quantitative estimate of drug-likeness (QED) is 0.375. The van der Waals surface area contributed by atoms with Gasteiger partial charge in [0, 0.05) is 6.54 Å². The van der Waals surface area contributed by atoms with Gasteiger partial charge in [-0.25, -0.2) is 18.4 Å². The Hall–Kier alpha value is -2.25. The number of amides is 1. The van der Waals surface area contributed by atoms with Crippen molar-refractivity contribution in [2.75, 3.05) is 25.2 Å². The number of carbonyl (C=O) groups excluding carboxylic acids is 1. The third-order valence-corrected chi connectivity index (χ3v) is 10.6. The fourth-order valence-electron chi connectivity index (χ4n) is 3.86. The van der Waals surface area contributed by atoms with Gasteiger partial charge in [0.1, 0.15) is 11.8 Å². The Morgan fingerprint density at radius 1 is 1.12 bits per heavy atom. The van der Waals surface area contributed by atoms with Gasteiger partial charge in [0.25, 0.3) is 0 Å². The van der Waals surface area contributed by atoms with Crippen LogP contribution in [0.2, 0.25) is 0 Å². The largest absolute Gasteiger partial charge is 0.497 e. The van der Waals surface area contributed by atoms with Gasteiger partial charge in [0.15, 0.2) is 9.47 Å². The summed E-state index contributed by atoms with van der Waals surface area (Å²) in [4.78, 5) is 22.4. The molecule has 0 aliphatic carbocycles. The second-order valence-electron chi connectivity index (χ2n) is 7.40. The number of rotatable bonds is 6. The van der Waals surface area contributed by atoms with E-state index in [4.69, 9.17) is 4.74 Å². The molecule has 12 heteroatoms. The number of thioether (sulfide) groups is 1. The van der Waals surface area contributed by atoms with E-state index in [1.807, 2.05) is 18.4 Å². The molecule has 4 aromatic rings. The average Bonchev–Trinajstić information content (AvgIpc) is 3.55. The summed E-state index contributed by atoms with van der Waals surface area (Å²) in [5.74, 6) is 0.203. The van der Waals surface area contributed by atoms with Crippen LogP contribution in [0.25, 0.3) is 20.4 Å². The molecule has 2 aromatic carbocycles. The molecule has 5 rings (SSSR count). The maximum Gasteiger partial charge on any atom is 0.244 e. The summed E-state index contributed by atoms with van der Waals surface area (Å²) in [5.41, 5.74) is 1.69. The summed E-state index contributed by atoms with van der Waals surface area (Å²) in [6.07, 6.45) is 3.06. The Bertz CT molecular complexity index is 1450. The van der Waals surface area contributed by atoms with Gasteiger partial charge in [0.05, 0.1) is 32.4 Å². The minimum Gasteiger partial charge on any atom is -0.497 e. The standard InChI is InChI=1S/C21H20N4O4S4/c1-29-12-5-7-13(8-6-12)33(27,28)25-11-3-4-16(25)19(26)24-20-22-14-9-10-15-18(17(14)31-20)32-21(23-15)30-2/h5-10,16H,3-4,11H2,1-2H3,(H,22,24,26).